The minimum Gasteiger partial charge on any atom is -0.482 e. The van der Waals surface area contributed by atoms with E-state index in [0.29, 0.717) is 44.3 Å². The highest BCUT2D eigenvalue weighted by Gasteiger charge is 2.64. The quantitative estimate of drug-likeness (QED) is 0.310. The standard InChI is InChI=1S/C32H35O5S/c1-22-3-9-26(10-4-22)38(27-11-5-23(2)6-12-27)28-13-7-25(8-14-28)36-18-29(33)37-32-17-24-15-30(34,20-32)19-31(35,16-24)21-32/h3-14,24,34-35H,15-21H2,1-2H3/q+1. The van der Waals surface area contributed by atoms with Crippen molar-refractivity contribution in [2.24, 2.45) is 5.92 Å². The Hall–Kier alpha value is -2.80. The molecule has 0 amide bonds. The molecule has 38 heavy (non-hydrogen) atoms. The molecule has 0 aromatic heterocycles. The van der Waals surface area contributed by atoms with Crippen LogP contribution in [0, 0.1) is 19.8 Å². The third-order valence-electron chi connectivity index (χ3n) is 8.22. The molecule has 6 heteroatoms. The van der Waals surface area contributed by atoms with Crippen molar-refractivity contribution >= 4 is 16.9 Å². The van der Waals surface area contributed by atoms with Crippen LogP contribution in [0.1, 0.15) is 49.7 Å². The number of ether oxygens (including phenoxy) is 2. The molecule has 198 valence electrons. The second kappa shape index (κ2) is 9.44. The number of carbonyl (C=O) groups excluding carboxylic acids is 1. The minimum absolute atomic E-state index is 0.193. The molecule has 7 rings (SSSR count). The molecular weight excluding hydrogens is 496 g/mol. The second-order valence-electron chi connectivity index (χ2n) is 11.8. The van der Waals surface area contributed by atoms with Crippen molar-refractivity contribution in [3.8, 4) is 5.75 Å². The van der Waals surface area contributed by atoms with Crippen LogP contribution >= 0.6 is 0 Å². The third kappa shape index (κ3) is 5.09. The largest absolute Gasteiger partial charge is 0.482 e. The van der Waals surface area contributed by atoms with Gasteiger partial charge >= 0.3 is 5.97 Å². The van der Waals surface area contributed by atoms with E-state index in [9.17, 15) is 15.0 Å². The predicted molar refractivity (Wildman–Crippen MR) is 146 cm³/mol. The maximum absolute atomic E-state index is 12.8. The van der Waals surface area contributed by atoms with E-state index in [0.717, 1.165) is 0 Å². The fourth-order valence-electron chi connectivity index (χ4n) is 7.21. The van der Waals surface area contributed by atoms with Gasteiger partial charge in [-0.15, -0.1) is 0 Å². The van der Waals surface area contributed by atoms with Gasteiger partial charge in [-0.05, 0) is 87.6 Å². The zero-order valence-electron chi connectivity index (χ0n) is 22.0. The van der Waals surface area contributed by atoms with Crippen LogP contribution in [-0.2, 0) is 20.4 Å². The Morgan fingerprint density at radius 1 is 0.763 bits per heavy atom. The second-order valence-corrected chi connectivity index (χ2v) is 13.8. The van der Waals surface area contributed by atoms with Crippen LogP contribution < -0.4 is 4.74 Å². The van der Waals surface area contributed by atoms with Crippen molar-refractivity contribution in [3.05, 3.63) is 83.9 Å². The zero-order valence-corrected chi connectivity index (χ0v) is 22.8. The number of aliphatic hydroxyl groups is 2. The van der Waals surface area contributed by atoms with Gasteiger partial charge in [0.05, 0.1) is 22.1 Å². The lowest BCUT2D eigenvalue weighted by Gasteiger charge is -2.62. The highest BCUT2D eigenvalue weighted by molar-refractivity contribution is 7.97. The molecule has 4 bridgehead atoms. The number of esters is 1. The lowest BCUT2D eigenvalue weighted by molar-refractivity contribution is -0.261. The molecule has 0 saturated heterocycles. The zero-order chi connectivity index (χ0) is 26.5. The fraction of sp³-hybridized carbons (Fsp3) is 0.406. The van der Waals surface area contributed by atoms with E-state index < -0.39 is 22.8 Å². The molecule has 0 spiro atoms. The number of hydrogen-bond donors (Lipinski definition) is 2. The predicted octanol–water partition coefficient (Wildman–Crippen LogP) is 5.52. The first kappa shape index (κ1) is 25.5. The lowest BCUT2D eigenvalue weighted by atomic mass is 9.50. The summed E-state index contributed by atoms with van der Waals surface area (Å²) in [5, 5.41) is 21.9. The van der Waals surface area contributed by atoms with E-state index in [4.69, 9.17) is 9.47 Å². The van der Waals surface area contributed by atoms with Crippen LogP contribution in [0.4, 0.5) is 0 Å². The first-order valence-corrected chi connectivity index (χ1v) is 14.6. The molecule has 0 aliphatic heterocycles. The summed E-state index contributed by atoms with van der Waals surface area (Å²) in [4.78, 5) is 16.5. The van der Waals surface area contributed by atoms with Gasteiger partial charge in [0.2, 0.25) is 0 Å². The highest BCUT2D eigenvalue weighted by atomic mass is 32.2. The lowest BCUT2D eigenvalue weighted by Crippen LogP contribution is -2.67. The normalized spacial score (nSPS) is 29.4. The Morgan fingerprint density at radius 3 is 1.71 bits per heavy atom. The van der Waals surface area contributed by atoms with Gasteiger partial charge in [0.15, 0.2) is 21.3 Å². The van der Waals surface area contributed by atoms with Crippen LogP contribution in [0.2, 0.25) is 0 Å². The van der Waals surface area contributed by atoms with Gasteiger partial charge in [-0.25, -0.2) is 4.79 Å². The molecule has 3 aromatic rings. The molecule has 2 N–H and O–H groups in total. The Balaban J connectivity index is 1.14. The average Bonchev–Trinajstić information content (AvgIpc) is 2.83. The molecule has 0 radical (unpaired) electrons. The molecule has 5 nitrogen and oxygen atoms in total. The maximum atomic E-state index is 12.8. The van der Waals surface area contributed by atoms with Crippen LogP contribution in [0.5, 0.6) is 5.75 Å². The number of carbonyl (C=O) groups is 1. The van der Waals surface area contributed by atoms with Gasteiger partial charge < -0.3 is 19.7 Å². The first-order valence-electron chi connectivity index (χ1n) is 13.4. The van der Waals surface area contributed by atoms with Crippen LogP contribution in [-0.4, -0.2) is 39.6 Å². The van der Waals surface area contributed by atoms with Gasteiger partial charge in [-0.2, -0.15) is 0 Å². The number of hydrogen-bond acceptors (Lipinski definition) is 5. The van der Waals surface area contributed by atoms with Gasteiger partial charge in [-0.1, -0.05) is 35.4 Å². The van der Waals surface area contributed by atoms with E-state index in [2.05, 4.69) is 74.5 Å². The summed E-state index contributed by atoms with van der Waals surface area (Å²) in [7, 11) is -0.263. The molecular formula is C32H35O5S+. The molecule has 2 unspecified atom stereocenters. The van der Waals surface area contributed by atoms with Crippen molar-refractivity contribution in [1.82, 2.24) is 0 Å². The summed E-state index contributed by atoms with van der Waals surface area (Å²) in [6.07, 6.45) is 3.26. The van der Waals surface area contributed by atoms with Gasteiger partial charge in [-0.3, -0.25) is 0 Å². The summed E-state index contributed by atoms with van der Waals surface area (Å²) >= 11 is 0. The average molecular weight is 532 g/mol. The molecule has 4 aliphatic rings. The SMILES string of the molecule is Cc1ccc([S+](c2ccc(C)cc2)c2ccc(OCC(=O)OC34CC5CC(O)(CC(O)(C5)C3)C4)cc2)cc1. The molecule has 2 atom stereocenters. The van der Waals surface area contributed by atoms with Crippen molar-refractivity contribution in [2.45, 2.75) is 83.9 Å². The summed E-state index contributed by atoms with van der Waals surface area (Å²) < 4.78 is 11.7. The Bertz CT molecular complexity index is 1250. The van der Waals surface area contributed by atoms with E-state index in [1.54, 1.807) is 0 Å². The molecule has 0 heterocycles. The molecule has 4 saturated carbocycles. The van der Waals surface area contributed by atoms with Crippen molar-refractivity contribution in [2.75, 3.05) is 6.61 Å². The van der Waals surface area contributed by atoms with Crippen LogP contribution in [0.3, 0.4) is 0 Å². The van der Waals surface area contributed by atoms with Crippen LogP contribution in [0.25, 0.3) is 0 Å². The number of benzene rings is 3. The van der Waals surface area contributed by atoms with Crippen molar-refractivity contribution < 1.29 is 24.5 Å². The van der Waals surface area contributed by atoms with Gasteiger partial charge in [0.1, 0.15) is 11.4 Å². The van der Waals surface area contributed by atoms with E-state index >= 15 is 0 Å². The monoisotopic (exact) mass is 531 g/mol. The van der Waals surface area contributed by atoms with E-state index in [-0.39, 0.29) is 23.4 Å². The van der Waals surface area contributed by atoms with E-state index in [1.165, 1.54) is 25.8 Å². The Labute approximate surface area is 227 Å². The summed E-state index contributed by atoms with van der Waals surface area (Å²) in [6, 6.07) is 25.3. The highest BCUT2D eigenvalue weighted by Crippen LogP contribution is 2.60. The minimum atomic E-state index is -0.933. The van der Waals surface area contributed by atoms with Crippen molar-refractivity contribution in [1.29, 1.82) is 0 Å². The molecule has 4 fully saturated rings. The van der Waals surface area contributed by atoms with Gasteiger partial charge in [0, 0.05) is 19.3 Å². The summed E-state index contributed by atoms with van der Waals surface area (Å²) in [5.41, 5.74) is -0.194. The van der Waals surface area contributed by atoms with Gasteiger partial charge in [0.25, 0.3) is 0 Å². The third-order valence-corrected chi connectivity index (χ3v) is 10.4. The van der Waals surface area contributed by atoms with Crippen LogP contribution in [0.15, 0.2) is 87.5 Å². The summed E-state index contributed by atoms with van der Waals surface area (Å²) in [6.45, 7) is 3.99. The summed E-state index contributed by atoms with van der Waals surface area (Å²) in [5.74, 6) is 0.338. The Kier molecular flexibility index (Phi) is 6.33. The smallest absolute Gasteiger partial charge is 0.344 e. The number of aryl methyl sites for hydroxylation is 2. The topological polar surface area (TPSA) is 76.0 Å². The fourth-order valence-corrected chi connectivity index (χ4v) is 9.25. The molecule has 3 aromatic carbocycles. The first-order chi connectivity index (χ1) is 18.1. The maximum Gasteiger partial charge on any atom is 0.344 e. The Morgan fingerprint density at radius 2 is 1.24 bits per heavy atom. The number of rotatable bonds is 7. The van der Waals surface area contributed by atoms with Crippen molar-refractivity contribution in [3.63, 3.8) is 0 Å². The molecule has 4 aliphatic carbocycles. The van der Waals surface area contributed by atoms with E-state index in [1.807, 2.05) is 12.1 Å².